The topological polar surface area (TPSA) is 28.6 Å². The lowest BCUT2D eigenvalue weighted by Gasteiger charge is -2.30. The monoisotopic (exact) mass is 423 g/mol. The molecule has 1 aromatic carbocycles. The SMILES string of the molecule is Cc1cc(C)c(Oc2nc(C)cc(N(CCC(C)C)CCN3CCCC3)c2C)c(C)c1. The van der Waals surface area contributed by atoms with Crippen LogP contribution in [0, 0.1) is 40.5 Å². The summed E-state index contributed by atoms with van der Waals surface area (Å²) in [6, 6.07) is 6.60. The van der Waals surface area contributed by atoms with Gasteiger partial charge in [0, 0.05) is 36.6 Å². The Morgan fingerprint density at radius 3 is 2.23 bits per heavy atom. The first-order chi connectivity index (χ1) is 14.7. The van der Waals surface area contributed by atoms with E-state index in [2.05, 4.69) is 76.5 Å². The van der Waals surface area contributed by atoms with Crippen LogP contribution in [0.1, 0.15) is 61.1 Å². The summed E-state index contributed by atoms with van der Waals surface area (Å²) in [5.74, 6) is 2.36. The second kappa shape index (κ2) is 10.5. The molecule has 1 saturated heterocycles. The Morgan fingerprint density at radius 2 is 1.61 bits per heavy atom. The first-order valence-electron chi connectivity index (χ1n) is 12.0. The number of rotatable bonds is 9. The molecule has 0 atom stereocenters. The molecule has 0 amide bonds. The van der Waals surface area contributed by atoms with Crippen LogP contribution in [-0.2, 0) is 0 Å². The number of hydrogen-bond acceptors (Lipinski definition) is 4. The number of aromatic nitrogens is 1. The molecule has 1 aromatic heterocycles. The smallest absolute Gasteiger partial charge is 0.224 e. The van der Waals surface area contributed by atoms with E-state index in [4.69, 9.17) is 9.72 Å². The highest BCUT2D eigenvalue weighted by atomic mass is 16.5. The molecule has 0 unspecified atom stereocenters. The summed E-state index contributed by atoms with van der Waals surface area (Å²) < 4.78 is 6.45. The van der Waals surface area contributed by atoms with Gasteiger partial charge < -0.3 is 14.5 Å². The van der Waals surface area contributed by atoms with Gasteiger partial charge >= 0.3 is 0 Å². The Bertz CT molecular complexity index is 861. The van der Waals surface area contributed by atoms with Gasteiger partial charge in [-0.25, -0.2) is 4.98 Å². The van der Waals surface area contributed by atoms with Crippen LogP contribution >= 0.6 is 0 Å². The third-order valence-electron chi connectivity index (χ3n) is 6.33. The molecule has 0 radical (unpaired) electrons. The molecular weight excluding hydrogens is 382 g/mol. The van der Waals surface area contributed by atoms with Gasteiger partial charge in [0.2, 0.25) is 5.88 Å². The van der Waals surface area contributed by atoms with Crippen LogP contribution in [0.25, 0.3) is 0 Å². The van der Waals surface area contributed by atoms with E-state index in [1.165, 1.54) is 43.6 Å². The molecule has 4 nitrogen and oxygen atoms in total. The fourth-order valence-electron chi connectivity index (χ4n) is 4.58. The van der Waals surface area contributed by atoms with Gasteiger partial charge in [-0.15, -0.1) is 0 Å². The lowest BCUT2D eigenvalue weighted by Crippen LogP contribution is -2.35. The number of ether oxygens (including phenoxy) is 1. The van der Waals surface area contributed by atoms with Crippen molar-refractivity contribution in [3.05, 3.63) is 46.1 Å². The van der Waals surface area contributed by atoms with E-state index in [1.807, 2.05) is 0 Å². The Hall–Kier alpha value is -2.07. The molecular formula is C27H41N3O. The van der Waals surface area contributed by atoms with Gasteiger partial charge in [0.1, 0.15) is 5.75 Å². The zero-order chi connectivity index (χ0) is 22.5. The highest BCUT2D eigenvalue weighted by molar-refractivity contribution is 5.59. The molecule has 0 spiro atoms. The number of benzene rings is 1. The minimum Gasteiger partial charge on any atom is -0.438 e. The zero-order valence-corrected chi connectivity index (χ0v) is 20.7. The summed E-state index contributed by atoms with van der Waals surface area (Å²) in [6.45, 7) is 21.0. The molecule has 170 valence electrons. The van der Waals surface area contributed by atoms with Gasteiger partial charge in [-0.2, -0.15) is 0 Å². The van der Waals surface area contributed by atoms with E-state index in [1.54, 1.807) is 0 Å². The predicted octanol–water partition coefficient (Wildman–Crippen LogP) is 6.36. The van der Waals surface area contributed by atoms with Crippen molar-refractivity contribution in [2.75, 3.05) is 37.6 Å². The molecule has 0 saturated carbocycles. The Kier molecular flexibility index (Phi) is 7.99. The van der Waals surface area contributed by atoms with Crippen LogP contribution in [-0.4, -0.2) is 42.6 Å². The maximum absolute atomic E-state index is 6.45. The standard InChI is InChI=1S/C27H41N3O/c1-19(2)10-13-30(15-14-29-11-8-9-12-29)25-18-23(6)28-27(24(25)7)31-26-21(4)16-20(3)17-22(26)5/h16-19H,8-15H2,1-7H3. The summed E-state index contributed by atoms with van der Waals surface area (Å²) >= 11 is 0. The Balaban J connectivity index is 1.89. The van der Waals surface area contributed by atoms with Gasteiger partial charge in [-0.3, -0.25) is 0 Å². The predicted molar refractivity (Wildman–Crippen MR) is 132 cm³/mol. The Morgan fingerprint density at radius 1 is 0.968 bits per heavy atom. The summed E-state index contributed by atoms with van der Waals surface area (Å²) in [4.78, 5) is 9.95. The van der Waals surface area contributed by atoms with Gasteiger partial charge in [0.05, 0.1) is 0 Å². The molecule has 3 rings (SSSR count). The molecule has 0 N–H and O–H groups in total. The van der Waals surface area contributed by atoms with E-state index < -0.39 is 0 Å². The number of anilines is 1. The van der Waals surface area contributed by atoms with Crippen LogP contribution in [0.15, 0.2) is 18.2 Å². The fraction of sp³-hybridized carbons (Fsp3) is 0.593. The molecule has 31 heavy (non-hydrogen) atoms. The van der Waals surface area contributed by atoms with Gasteiger partial charge in [0.25, 0.3) is 0 Å². The van der Waals surface area contributed by atoms with Gasteiger partial charge in [-0.1, -0.05) is 31.5 Å². The van der Waals surface area contributed by atoms with Crippen molar-refractivity contribution >= 4 is 5.69 Å². The quantitative estimate of drug-likeness (QED) is 0.469. The lowest BCUT2D eigenvalue weighted by molar-refractivity contribution is 0.343. The molecule has 1 fully saturated rings. The van der Waals surface area contributed by atoms with E-state index in [0.717, 1.165) is 53.6 Å². The molecule has 0 bridgehead atoms. The summed E-state index contributed by atoms with van der Waals surface area (Å²) in [7, 11) is 0. The van der Waals surface area contributed by atoms with E-state index in [-0.39, 0.29) is 0 Å². The van der Waals surface area contributed by atoms with E-state index >= 15 is 0 Å². The second-order valence-corrected chi connectivity index (χ2v) is 9.76. The number of hydrogen-bond donors (Lipinski definition) is 0. The van der Waals surface area contributed by atoms with Crippen molar-refractivity contribution in [2.45, 2.75) is 67.7 Å². The molecule has 2 heterocycles. The van der Waals surface area contributed by atoms with Crippen LogP contribution < -0.4 is 9.64 Å². The van der Waals surface area contributed by atoms with Crippen LogP contribution in [0.5, 0.6) is 11.6 Å². The molecule has 2 aromatic rings. The highest BCUT2D eigenvalue weighted by Gasteiger charge is 2.19. The van der Waals surface area contributed by atoms with Crippen LogP contribution in [0.2, 0.25) is 0 Å². The second-order valence-electron chi connectivity index (χ2n) is 9.76. The average Bonchev–Trinajstić information content (AvgIpc) is 3.20. The van der Waals surface area contributed by atoms with Gasteiger partial charge in [-0.05, 0) is 90.1 Å². The zero-order valence-electron chi connectivity index (χ0n) is 20.7. The number of likely N-dealkylation sites (tertiary alicyclic amines) is 1. The van der Waals surface area contributed by atoms with E-state index in [0.29, 0.717) is 5.92 Å². The van der Waals surface area contributed by atoms with Crippen LogP contribution in [0.4, 0.5) is 5.69 Å². The fourth-order valence-corrected chi connectivity index (χ4v) is 4.58. The summed E-state index contributed by atoms with van der Waals surface area (Å²) in [5.41, 5.74) is 6.99. The number of nitrogens with zero attached hydrogens (tertiary/aromatic N) is 3. The largest absolute Gasteiger partial charge is 0.438 e. The minimum absolute atomic E-state index is 0.686. The first kappa shape index (κ1) is 23.6. The maximum atomic E-state index is 6.45. The molecule has 1 aliphatic rings. The highest BCUT2D eigenvalue weighted by Crippen LogP contribution is 2.35. The van der Waals surface area contributed by atoms with Crippen molar-refractivity contribution in [1.82, 2.24) is 9.88 Å². The normalized spacial score (nSPS) is 14.5. The van der Waals surface area contributed by atoms with Crippen molar-refractivity contribution in [2.24, 2.45) is 5.92 Å². The van der Waals surface area contributed by atoms with Crippen LogP contribution in [0.3, 0.4) is 0 Å². The first-order valence-corrected chi connectivity index (χ1v) is 12.0. The third-order valence-corrected chi connectivity index (χ3v) is 6.33. The van der Waals surface area contributed by atoms with Crippen molar-refractivity contribution in [1.29, 1.82) is 0 Å². The molecule has 4 heteroatoms. The maximum Gasteiger partial charge on any atom is 0.224 e. The van der Waals surface area contributed by atoms with E-state index in [9.17, 15) is 0 Å². The molecule has 0 aliphatic carbocycles. The van der Waals surface area contributed by atoms with Crippen molar-refractivity contribution < 1.29 is 4.74 Å². The molecule has 1 aliphatic heterocycles. The van der Waals surface area contributed by atoms with Crippen molar-refractivity contribution in [3.63, 3.8) is 0 Å². The lowest BCUT2D eigenvalue weighted by atomic mass is 10.1. The minimum atomic E-state index is 0.686. The average molecular weight is 424 g/mol. The number of pyridine rings is 1. The Labute approximate surface area is 189 Å². The van der Waals surface area contributed by atoms with Gasteiger partial charge in [0.15, 0.2) is 0 Å². The summed E-state index contributed by atoms with van der Waals surface area (Å²) in [5, 5.41) is 0. The van der Waals surface area contributed by atoms with Crippen molar-refractivity contribution in [3.8, 4) is 11.6 Å². The number of aryl methyl sites for hydroxylation is 4. The summed E-state index contributed by atoms with van der Waals surface area (Å²) in [6.07, 6.45) is 3.87. The third kappa shape index (κ3) is 6.22.